The number of nitrogen functional groups attached to an aromatic ring is 1. The third-order valence-corrected chi connectivity index (χ3v) is 6.62. The number of benzene rings is 2. The number of aliphatic hydroxyl groups is 1. The van der Waals surface area contributed by atoms with Crippen molar-refractivity contribution in [1.29, 1.82) is 0 Å². The Labute approximate surface area is 156 Å². The first-order valence-electron chi connectivity index (χ1n) is 8.85. The van der Waals surface area contributed by atoms with Crippen LogP contribution < -0.4 is 11.1 Å². The third-order valence-electron chi connectivity index (χ3n) is 4.31. The predicted octanol–water partition coefficient (Wildman–Crippen LogP) is 2.61. The number of nitrogens with one attached hydrogen (secondary N) is 1. The van der Waals surface area contributed by atoms with Crippen molar-refractivity contribution in [2.75, 3.05) is 12.3 Å². The van der Waals surface area contributed by atoms with Crippen LogP contribution in [0.15, 0.2) is 59.5 Å². The Balaban J connectivity index is 1.98. The molecular weight excluding hydrogens is 348 g/mol. The number of hydrogen-bond acceptors (Lipinski definition) is 5. The lowest BCUT2D eigenvalue weighted by Gasteiger charge is -2.24. The van der Waals surface area contributed by atoms with E-state index in [9.17, 15) is 13.5 Å². The van der Waals surface area contributed by atoms with Crippen molar-refractivity contribution in [2.24, 2.45) is 5.92 Å². The van der Waals surface area contributed by atoms with Crippen LogP contribution in [0.1, 0.15) is 25.8 Å². The van der Waals surface area contributed by atoms with Crippen molar-refractivity contribution in [2.45, 2.75) is 43.1 Å². The van der Waals surface area contributed by atoms with Crippen LogP contribution in [-0.2, 0) is 16.3 Å². The van der Waals surface area contributed by atoms with E-state index in [-0.39, 0.29) is 17.4 Å². The lowest BCUT2D eigenvalue weighted by atomic mass is 10.1. The van der Waals surface area contributed by atoms with Gasteiger partial charge in [-0.25, -0.2) is 8.42 Å². The molecule has 2 rings (SSSR count). The van der Waals surface area contributed by atoms with Gasteiger partial charge >= 0.3 is 0 Å². The van der Waals surface area contributed by atoms with Gasteiger partial charge in [0.05, 0.1) is 11.0 Å². The number of aliphatic hydroxyl groups excluding tert-OH is 1. The molecule has 0 aliphatic carbocycles. The second kappa shape index (κ2) is 9.16. The highest BCUT2D eigenvalue weighted by Gasteiger charge is 2.30. The highest BCUT2D eigenvalue weighted by atomic mass is 32.2. The van der Waals surface area contributed by atoms with Gasteiger partial charge in [0.25, 0.3) is 0 Å². The zero-order valence-electron chi connectivity index (χ0n) is 15.3. The first kappa shape index (κ1) is 20.4. The molecule has 142 valence electrons. The van der Waals surface area contributed by atoms with Crippen LogP contribution in [0.5, 0.6) is 0 Å². The topological polar surface area (TPSA) is 92.4 Å². The number of sulfone groups is 1. The quantitative estimate of drug-likeness (QED) is 0.585. The molecule has 4 N–H and O–H groups in total. The smallest absolute Gasteiger partial charge is 0.194 e. The summed E-state index contributed by atoms with van der Waals surface area (Å²) in [5.41, 5.74) is 7.32. The molecule has 2 aromatic rings. The summed E-state index contributed by atoms with van der Waals surface area (Å²) in [6, 6.07) is 16.1. The van der Waals surface area contributed by atoms with E-state index < -0.39 is 21.3 Å². The first-order chi connectivity index (χ1) is 12.3. The summed E-state index contributed by atoms with van der Waals surface area (Å²) in [6.07, 6.45) is 0.711. The van der Waals surface area contributed by atoms with Crippen molar-refractivity contribution in [3.8, 4) is 0 Å². The SMILES string of the molecule is CC(C)C(NCC(O)CCc1ccccc1)S(=O)(=O)c1ccc(N)cc1. The van der Waals surface area contributed by atoms with E-state index in [1.807, 2.05) is 44.2 Å². The molecule has 0 aliphatic heterocycles. The minimum atomic E-state index is -3.56. The molecule has 0 aliphatic rings. The van der Waals surface area contributed by atoms with Crippen molar-refractivity contribution in [3.63, 3.8) is 0 Å². The molecule has 0 saturated heterocycles. The largest absolute Gasteiger partial charge is 0.399 e. The molecule has 0 fully saturated rings. The van der Waals surface area contributed by atoms with Crippen LogP contribution >= 0.6 is 0 Å². The summed E-state index contributed by atoms with van der Waals surface area (Å²) in [4.78, 5) is 0.233. The molecule has 0 heterocycles. The molecule has 0 radical (unpaired) electrons. The summed E-state index contributed by atoms with van der Waals surface area (Å²) in [5, 5.41) is 12.5. The highest BCUT2D eigenvalue weighted by molar-refractivity contribution is 7.92. The molecule has 0 bridgehead atoms. The van der Waals surface area contributed by atoms with Crippen LogP contribution in [0.2, 0.25) is 0 Å². The van der Waals surface area contributed by atoms with Crippen molar-refractivity contribution < 1.29 is 13.5 Å². The Kier molecular flexibility index (Phi) is 7.20. The lowest BCUT2D eigenvalue weighted by Crippen LogP contribution is -2.44. The molecule has 0 aromatic heterocycles. The van der Waals surface area contributed by atoms with Crippen LogP contribution in [0, 0.1) is 5.92 Å². The van der Waals surface area contributed by atoms with Crippen LogP contribution in [0.25, 0.3) is 0 Å². The van der Waals surface area contributed by atoms with Crippen LogP contribution in [0.4, 0.5) is 5.69 Å². The van der Waals surface area contributed by atoms with Crippen LogP contribution in [0.3, 0.4) is 0 Å². The highest BCUT2D eigenvalue weighted by Crippen LogP contribution is 2.21. The van der Waals surface area contributed by atoms with E-state index in [0.717, 1.165) is 12.0 Å². The van der Waals surface area contributed by atoms with Crippen molar-refractivity contribution in [3.05, 3.63) is 60.2 Å². The summed E-state index contributed by atoms with van der Waals surface area (Å²) in [7, 11) is -3.56. The minimum Gasteiger partial charge on any atom is -0.399 e. The van der Waals surface area contributed by atoms with E-state index in [2.05, 4.69) is 5.32 Å². The molecule has 2 atom stereocenters. The fraction of sp³-hybridized carbons (Fsp3) is 0.400. The Hall–Kier alpha value is -1.89. The van der Waals surface area contributed by atoms with E-state index in [1.165, 1.54) is 12.1 Å². The van der Waals surface area contributed by atoms with Gasteiger partial charge in [-0.05, 0) is 48.6 Å². The van der Waals surface area contributed by atoms with Gasteiger partial charge in [0.1, 0.15) is 5.37 Å². The Morgan fingerprint density at radius 3 is 2.23 bits per heavy atom. The van der Waals surface area contributed by atoms with Gasteiger partial charge in [0, 0.05) is 12.2 Å². The van der Waals surface area contributed by atoms with E-state index >= 15 is 0 Å². The van der Waals surface area contributed by atoms with Gasteiger partial charge in [-0.1, -0.05) is 44.2 Å². The van der Waals surface area contributed by atoms with Gasteiger partial charge in [-0.2, -0.15) is 0 Å². The number of rotatable bonds is 9. The second-order valence-electron chi connectivity index (χ2n) is 6.87. The molecule has 0 amide bonds. The molecule has 2 unspecified atom stereocenters. The van der Waals surface area contributed by atoms with Crippen LogP contribution in [-0.4, -0.2) is 31.5 Å². The molecule has 2 aromatic carbocycles. The van der Waals surface area contributed by atoms with Gasteiger partial charge in [0.15, 0.2) is 9.84 Å². The van der Waals surface area contributed by atoms with Gasteiger partial charge in [-0.15, -0.1) is 0 Å². The molecule has 0 spiro atoms. The summed E-state index contributed by atoms with van der Waals surface area (Å²) in [5.74, 6) is -0.140. The average Bonchev–Trinajstić information content (AvgIpc) is 2.61. The maximum absolute atomic E-state index is 12.9. The third kappa shape index (κ3) is 5.56. The zero-order valence-corrected chi connectivity index (χ0v) is 16.1. The van der Waals surface area contributed by atoms with Gasteiger partial charge < -0.3 is 10.8 Å². The van der Waals surface area contributed by atoms with E-state index in [4.69, 9.17) is 5.73 Å². The average molecular weight is 377 g/mol. The number of nitrogens with two attached hydrogens (primary N) is 1. The maximum atomic E-state index is 12.9. The van der Waals surface area contributed by atoms with Gasteiger partial charge in [0.2, 0.25) is 0 Å². The monoisotopic (exact) mass is 376 g/mol. The summed E-state index contributed by atoms with van der Waals surface area (Å²) in [6.45, 7) is 3.93. The standard InChI is InChI=1S/C20H28N2O3S/c1-15(2)20(26(24,25)19-12-9-17(21)10-13-19)22-14-18(23)11-8-16-6-4-3-5-7-16/h3-7,9-10,12-13,15,18,20,22-23H,8,11,14,21H2,1-2H3. The lowest BCUT2D eigenvalue weighted by molar-refractivity contribution is 0.159. The second-order valence-corrected chi connectivity index (χ2v) is 8.93. The maximum Gasteiger partial charge on any atom is 0.194 e. The number of anilines is 1. The molecule has 26 heavy (non-hydrogen) atoms. The van der Waals surface area contributed by atoms with E-state index in [1.54, 1.807) is 12.1 Å². The summed E-state index contributed by atoms with van der Waals surface area (Å²) >= 11 is 0. The number of aryl methyl sites for hydroxylation is 1. The van der Waals surface area contributed by atoms with E-state index in [0.29, 0.717) is 12.1 Å². The normalized spacial score (nSPS) is 14.3. The Morgan fingerprint density at radius 1 is 1.04 bits per heavy atom. The fourth-order valence-electron chi connectivity index (χ4n) is 2.84. The molecule has 0 saturated carbocycles. The van der Waals surface area contributed by atoms with Crippen molar-refractivity contribution >= 4 is 15.5 Å². The predicted molar refractivity (Wildman–Crippen MR) is 105 cm³/mol. The fourth-order valence-corrected chi connectivity index (χ4v) is 4.68. The molecular formula is C20H28N2O3S. The van der Waals surface area contributed by atoms with Gasteiger partial charge in [-0.3, -0.25) is 5.32 Å². The zero-order chi connectivity index (χ0) is 19.2. The van der Waals surface area contributed by atoms with Crippen molar-refractivity contribution in [1.82, 2.24) is 5.32 Å². The Bertz CT molecular complexity index is 774. The first-order valence-corrected chi connectivity index (χ1v) is 10.4. The minimum absolute atomic E-state index is 0.140. The number of hydrogen-bond donors (Lipinski definition) is 3. The molecule has 5 nitrogen and oxygen atoms in total. The Morgan fingerprint density at radius 2 is 1.65 bits per heavy atom. The summed E-state index contributed by atoms with van der Waals surface area (Å²) < 4.78 is 25.8. The molecule has 6 heteroatoms.